The van der Waals surface area contributed by atoms with Crippen molar-refractivity contribution in [3.05, 3.63) is 23.9 Å². The average Bonchev–Trinajstić information content (AvgIpc) is 2.80. The summed E-state index contributed by atoms with van der Waals surface area (Å²) in [5.74, 6) is 0.978. The Bertz CT molecular complexity index is 296. The van der Waals surface area contributed by atoms with E-state index < -0.39 is 0 Å². The van der Waals surface area contributed by atoms with Crippen LogP contribution in [0.2, 0.25) is 0 Å². The van der Waals surface area contributed by atoms with Crippen LogP contribution in [0.1, 0.15) is 18.4 Å². The minimum atomic E-state index is 0.0592. The van der Waals surface area contributed by atoms with Crippen LogP contribution in [0, 0.1) is 0 Å². The van der Waals surface area contributed by atoms with Gasteiger partial charge in [0.15, 0.2) is 0 Å². The van der Waals surface area contributed by atoms with Crippen LogP contribution >= 0.6 is 11.8 Å². The second-order valence-corrected chi connectivity index (χ2v) is 4.65. The van der Waals surface area contributed by atoms with Crippen molar-refractivity contribution < 1.29 is 9.84 Å². The Morgan fingerprint density at radius 2 is 2.47 bits per heavy atom. The molecule has 4 heteroatoms. The topological polar surface area (TPSA) is 42.4 Å². The quantitative estimate of drug-likeness (QED) is 0.794. The molecule has 1 fully saturated rings. The Balaban J connectivity index is 1.82. The fourth-order valence-electron chi connectivity index (χ4n) is 1.54. The molecule has 0 aromatic carbocycles. The highest BCUT2D eigenvalue weighted by Crippen LogP contribution is 2.22. The third-order valence-electron chi connectivity index (χ3n) is 2.42. The lowest BCUT2D eigenvalue weighted by Crippen LogP contribution is -2.07. The van der Waals surface area contributed by atoms with E-state index in [2.05, 4.69) is 4.98 Å². The third-order valence-corrected chi connectivity index (χ3v) is 3.50. The molecule has 3 nitrogen and oxygen atoms in total. The maximum atomic E-state index is 8.86. The van der Waals surface area contributed by atoms with Crippen LogP contribution in [-0.2, 0) is 11.3 Å². The van der Waals surface area contributed by atoms with E-state index in [0.717, 1.165) is 22.9 Å². The van der Waals surface area contributed by atoms with Crippen molar-refractivity contribution >= 4 is 11.8 Å². The van der Waals surface area contributed by atoms with Gasteiger partial charge in [0.2, 0.25) is 0 Å². The number of hydrogen-bond acceptors (Lipinski definition) is 4. The molecular weight excluding hydrogens is 210 g/mol. The average molecular weight is 225 g/mol. The van der Waals surface area contributed by atoms with E-state index in [1.165, 1.54) is 12.8 Å². The number of aliphatic hydroxyl groups is 1. The first-order chi connectivity index (χ1) is 7.38. The highest BCUT2D eigenvalue weighted by molar-refractivity contribution is 7.99. The van der Waals surface area contributed by atoms with Gasteiger partial charge in [-0.2, -0.15) is 0 Å². The summed E-state index contributed by atoms with van der Waals surface area (Å²) in [4.78, 5) is 4.26. The summed E-state index contributed by atoms with van der Waals surface area (Å²) in [6.45, 7) is 0.964. The Labute approximate surface area is 93.9 Å². The third kappa shape index (κ3) is 3.19. The van der Waals surface area contributed by atoms with Gasteiger partial charge in [-0.3, -0.25) is 0 Å². The van der Waals surface area contributed by atoms with Gasteiger partial charge in [0.1, 0.15) is 0 Å². The number of aromatic nitrogens is 1. The maximum Gasteiger partial charge on any atom is 0.0960 e. The molecule has 2 rings (SSSR count). The zero-order valence-electron chi connectivity index (χ0n) is 8.56. The van der Waals surface area contributed by atoms with Crippen LogP contribution in [0.15, 0.2) is 23.4 Å². The molecule has 0 aliphatic carbocycles. The van der Waals surface area contributed by atoms with Gasteiger partial charge in [-0.05, 0) is 24.5 Å². The molecular formula is C11H15NO2S. The van der Waals surface area contributed by atoms with Gasteiger partial charge in [-0.25, -0.2) is 4.98 Å². The first-order valence-corrected chi connectivity index (χ1v) is 6.17. The zero-order valence-corrected chi connectivity index (χ0v) is 9.37. The number of pyridine rings is 1. The van der Waals surface area contributed by atoms with Crippen molar-refractivity contribution in [3.63, 3.8) is 0 Å². The molecule has 1 unspecified atom stereocenters. The zero-order chi connectivity index (χ0) is 10.5. The minimum absolute atomic E-state index is 0.0592. The van der Waals surface area contributed by atoms with Crippen LogP contribution in [-0.4, -0.2) is 28.6 Å². The summed E-state index contributed by atoms with van der Waals surface area (Å²) in [5, 5.41) is 9.87. The minimum Gasteiger partial charge on any atom is -0.392 e. The molecule has 0 spiro atoms. The fourth-order valence-corrected chi connectivity index (χ4v) is 2.45. The summed E-state index contributed by atoms with van der Waals surface area (Å²) in [7, 11) is 0. The van der Waals surface area contributed by atoms with Crippen LogP contribution in [0.3, 0.4) is 0 Å². The van der Waals surface area contributed by atoms with Crippen molar-refractivity contribution in [3.8, 4) is 0 Å². The Hall–Kier alpha value is -0.580. The molecule has 0 radical (unpaired) electrons. The Kier molecular flexibility index (Phi) is 4.00. The number of ether oxygens (including phenoxy) is 1. The van der Waals surface area contributed by atoms with Gasteiger partial charge >= 0.3 is 0 Å². The van der Waals surface area contributed by atoms with Gasteiger partial charge < -0.3 is 9.84 Å². The van der Waals surface area contributed by atoms with E-state index in [1.807, 2.05) is 12.1 Å². The summed E-state index contributed by atoms with van der Waals surface area (Å²) in [6, 6.07) is 3.86. The van der Waals surface area contributed by atoms with Crippen molar-refractivity contribution in [2.75, 3.05) is 12.4 Å². The molecule has 1 aromatic heterocycles. The maximum absolute atomic E-state index is 8.86. The second kappa shape index (κ2) is 5.49. The Morgan fingerprint density at radius 1 is 1.53 bits per heavy atom. The largest absolute Gasteiger partial charge is 0.392 e. The number of nitrogens with zero attached hydrogens (tertiary/aromatic N) is 1. The number of rotatable bonds is 4. The summed E-state index contributed by atoms with van der Waals surface area (Å²) in [6.07, 6.45) is 4.47. The highest BCUT2D eigenvalue weighted by atomic mass is 32.2. The lowest BCUT2D eigenvalue weighted by atomic mass is 10.3. The number of hydrogen-bond donors (Lipinski definition) is 1. The number of thioether (sulfide) groups is 1. The van der Waals surface area contributed by atoms with E-state index in [9.17, 15) is 0 Å². The highest BCUT2D eigenvalue weighted by Gasteiger charge is 2.15. The van der Waals surface area contributed by atoms with Crippen molar-refractivity contribution in [2.45, 2.75) is 30.6 Å². The van der Waals surface area contributed by atoms with E-state index >= 15 is 0 Å². The first kappa shape index (κ1) is 10.9. The lowest BCUT2D eigenvalue weighted by molar-refractivity contribution is 0.129. The molecule has 1 aliphatic rings. The fraction of sp³-hybridized carbons (Fsp3) is 0.545. The van der Waals surface area contributed by atoms with Gasteiger partial charge in [-0.1, -0.05) is 6.07 Å². The van der Waals surface area contributed by atoms with Gasteiger partial charge in [0, 0.05) is 18.6 Å². The van der Waals surface area contributed by atoms with Crippen molar-refractivity contribution in [2.24, 2.45) is 0 Å². The Morgan fingerprint density at radius 3 is 3.07 bits per heavy atom. The molecule has 15 heavy (non-hydrogen) atoms. The van der Waals surface area contributed by atoms with E-state index in [0.29, 0.717) is 6.10 Å². The lowest BCUT2D eigenvalue weighted by Gasteiger charge is -2.07. The summed E-state index contributed by atoms with van der Waals surface area (Å²) >= 11 is 1.72. The van der Waals surface area contributed by atoms with Gasteiger partial charge in [0.25, 0.3) is 0 Å². The molecule has 1 aliphatic heterocycles. The van der Waals surface area contributed by atoms with Crippen LogP contribution in [0.5, 0.6) is 0 Å². The predicted molar refractivity (Wildman–Crippen MR) is 59.9 cm³/mol. The summed E-state index contributed by atoms with van der Waals surface area (Å²) < 4.78 is 5.53. The molecule has 0 bridgehead atoms. The second-order valence-electron chi connectivity index (χ2n) is 3.61. The molecule has 0 saturated carbocycles. The normalized spacial score (nSPS) is 20.7. The van der Waals surface area contributed by atoms with Crippen molar-refractivity contribution in [1.29, 1.82) is 0 Å². The SMILES string of the molecule is OCc1ccc(SCC2CCCO2)nc1. The van der Waals surface area contributed by atoms with Crippen LogP contribution in [0.4, 0.5) is 0 Å². The van der Waals surface area contributed by atoms with Crippen LogP contribution < -0.4 is 0 Å². The molecule has 1 N–H and O–H groups in total. The van der Waals surface area contributed by atoms with E-state index in [1.54, 1.807) is 18.0 Å². The number of aliphatic hydroxyl groups excluding tert-OH is 1. The van der Waals surface area contributed by atoms with Gasteiger partial charge in [0.05, 0.1) is 17.7 Å². The molecule has 2 heterocycles. The van der Waals surface area contributed by atoms with Crippen LogP contribution in [0.25, 0.3) is 0 Å². The summed E-state index contributed by atoms with van der Waals surface area (Å²) in [5.41, 5.74) is 0.858. The molecule has 0 amide bonds. The molecule has 1 saturated heterocycles. The molecule has 82 valence electrons. The predicted octanol–water partition coefficient (Wildman–Crippen LogP) is 1.84. The monoisotopic (exact) mass is 225 g/mol. The molecule has 1 atom stereocenters. The smallest absolute Gasteiger partial charge is 0.0960 e. The standard InChI is InChI=1S/C11H15NO2S/c13-7-9-3-4-11(12-6-9)15-8-10-2-1-5-14-10/h3-4,6,10,13H,1-2,5,7-8H2. The van der Waals surface area contributed by atoms with E-state index in [-0.39, 0.29) is 6.61 Å². The molecule has 1 aromatic rings. The van der Waals surface area contributed by atoms with Gasteiger partial charge in [-0.15, -0.1) is 11.8 Å². The van der Waals surface area contributed by atoms with E-state index in [4.69, 9.17) is 9.84 Å². The first-order valence-electron chi connectivity index (χ1n) is 5.18. The van der Waals surface area contributed by atoms with Crippen molar-refractivity contribution in [1.82, 2.24) is 4.98 Å².